The molecular weight excluding hydrogens is 416 g/mol. The van der Waals surface area contributed by atoms with E-state index < -0.39 is 17.9 Å². The second-order valence-electron chi connectivity index (χ2n) is 6.06. The third kappa shape index (κ3) is 5.70. The Bertz CT molecular complexity index is 855. The van der Waals surface area contributed by atoms with Crippen molar-refractivity contribution in [1.29, 1.82) is 0 Å². The molecule has 0 saturated carbocycles. The van der Waals surface area contributed by atoms with Crippen molar-refractivity contribution in [3.8, 4) is 11.5 Å². The van der Waals surface area contributed by atoms with Gasteiger partial charge in [-0.2, -0.15) is 0 Å². The van der Waals surface area contributed by atoms with Crippen LogP contribution in [0.25, 0.3) is 6.08 Å². The van der Waals surface area contributed by atoms with E-state index in [2.05, 4.69) is 5.32 Å². The van der Waals surface area contributed by atoms with Crippen molar-refractivity contribution in [3.05, 3.63) is 28.7 Å². The lowest BCUT2D eigenvalue weighted by Crippen LogP contribution is -2.42. The van der Waals surface area contributed by atoms with Crippen LogP contribution in [0.1, 0.15) is 25.3 Å². The maximum atomic E-state index is 12.7. The number of amides is 2. The monoisotopic (exact) mass is 438 g/mol. The second-order valence-corrected chi connectivity index (χ2v) is 7.74. The number of ether oxygens (including phenoxy) is 2. The number of nitrogens with one attached hydrogen (secondary N) is 1. The molecule has 29 heavy (non-hydrogen) atoms. The zero-order chi connectivity index (χ0) is 21.6. The molecule has 0 bridgehead atoms. The maximum absolute atomic E-state index is 12.7. The molecule has 2 rings (SSSR count). The van der Waals surface area contributed by atoms with Gasteiger partial charge in [-0.15, -0.1) is 0 Å². The van der Waals surface area contributed by atoms with Gasteiger partial charge in [0.25, 0.3) is 5.91 Å². The lowest BCUT2D eigenvalue weighted by Gasteiger charge is -2.16. The third-order valence-corrected chi connectivity index (χ3v) is 5.56. The second kappa shape index (κ2) is 10.3. The fourth-order valence-electron chi connectivity index (χ4n) is 2.61. The Kier molecular flexibility index (Phi) is 8.03. The van der Waals surface area contributed by atoms with Gasteiger partial charge in [0, 0.05) is 13.0 Å². The molecule has 1 unspecified atom stereocenters. The van der Waals surface area contributed by atoms with Gasteiger partial charge in [-0.3, -0.25) is 14.5 Å². The van der Waals surface area contributed by atoms with Crippen molar-refractivity contribution in [2.24, 2.45) is 0 Å². The molecule has 1 aliphatic rings. The fraction of sp³-hybridized carbons (Fsp3) is 0.368. The highest BCUT2D eigenvalue weighted by Crippen LogP contribution is 2.34. The van der Waals surface area contributed by atoms with Crippen molar-refractivity contribution >= 4 is 52.2 Å². The molecule has 1 aromatic carbocycles. The smallest absolute Gasteiger partial charge is 0.326 e. The van der Waals surface area contributed by atoms with E-state index in [9.17, 15) is 14.4 Å². The third-order valence-electron chi connectivity index (χ3n) is 4.18. The number of rotatable bonds is 9. The van der Waals surface area contributed by atoms with E-state index in [1.165, 1.54) is 19.1 Å². The molecule has 8 nitrogen and oxygen atoms in total. The Hall–Kier alpha value is -2.59. The van der Waals surface area contributed by atoms with Crippen molar-refractivity contribution in [1.82, 2.24) is 10.2 Å². The number of carbonyl (C=O) groups is 3. The molecule has 0 aromatic heterocycles. The molecule has 156 valence electrons. The summed E-state index contributed by atoms with van der Waals surface area (Å²) in [6, 6.07) is 4.33. The van der Waals surface area contributed by atoms with Gasteiger partial charge in [-0.1, -0.05) is 37.0 Å². The van der Waals surface area contributed by atoms with Crippen LogP contribution >= 0.6 is 24.0 Å². The first-order chi connectivity index (χ1) is 13.8. The highest BCUT2D eigenvalue weighted by Gasteiger charge is 2.32. The fourth-order valence-corrected chi connectivity index (χ4v) is 3.91. The lowest BCUT2D eigenvalue weighted by molar-refractivity contribution is -0.142. The molecule has 1 saturated heterocycles. The minimum absolute atomic E-state index is 0.0418. The highest BCUT2D eigenvalue weighted by atomic mass is 32.2. The summed E-state index contributed by atoms with van der Waals surface area (Å²) in [4.78, 5) is 37.4. The van der Waals surface area contributed by atoms with Crippen LogP contribution in [0.5, 0.6) is 11.5 Å². The lowest BCUT2D eigenvalue weighted by atomic mass is 10.2. The molecule has 1 fully saturated rings. The van der Waals surface area contributed by atoms with Crippen molar-refractivity contribution in [3.63, 3.8) is 0 Å². The normalized spacial score (nSPS) is 16.1. The minimum Gasteiger partial charge on any atom is -0.493 e. The summed E-state index contributed by atoms with van der Waals surface area (Å²) in [6.07, 6.45) is 1.93. The number of aliphatic carboxylic acids is 1. The molecule has 2 N–H and O–H groups in total. The first kappa shape index (κ1) is 22.7. The van der Waals surface area contributed by atoms with Gasteiger partial charge in [0.15, 0.2) is 11.5 Å². The van der Waals surface area contributed by atoms with E-state index in [0.717, 1.165) is 17.3 Å². The van der Waals surface area contributed by atoms with E-state index in [4.69, 9.17) is 26.8 Å². The molecular formula is C19H22N2O6S2. The summed E-state index contributed by atoms with van der Waals surface area (Å²) >= 11 is 6.41. The average molecular weight is 439 g/mol. The van der Waals surface area contributed by atoms with E-state index in [-0.39, 0.29) is 25.3 Å². The number of nitrogens with zero attached hydrogens (tertiary/aromatic N) is 1. The SMILES string of the molecule is CCC(NC(=O)CCN1C(=O)/C(=C\c2ccc(OC)c(OC)c2)SC1=S)C(=O)O. The van der Waals surface area contributed by atoms with Gasteiger partial charge in [0.1, 0.15) is 10.4 Å². The number of hydrogen-bond donors (Lipinski definition) is 2. The quantitative estimate of drug-likeness (QED) is 0.447. The Balaban J connectivity index is 2.05. The Morgan fingerprint density at radius 2 is 2.00 bits per heavy atom. The molecule has 1 atom stereocenters. The standard InChI is InChI=1S/C19H22N2O6S2/c1-4-12(18(24)25)20-16(22)7-8-21-17(23)15(29-19(21)28)10-11-5-6-13(26-2)14(9-11)27-3/h5-6,9-10,12H,4,7-8H2,1-3H3,(H,20,22)(H,24,25)/b15-10+. The van der Waals surface area contributed by atoms with Crippen molar-refractivity contribution in [2.45, 2.75) is 25.8 Å². The molecule has 0 spiro atoms. The van der Waals surface area contributed by atoms with Crippen LogP contribution in [0.4, 0.5) is 0 Å². The molecule has 10 heteroatoms. The summed E-state index contributed by atoms with van der Waals surface area (Å²) in [5, 5.41) is 11.4. The number of carbonyl (C=O) groups excluding carboxylic acids is 2. The number of thioether (sulfide) groups is 1. The predicted octanol–water partition coefficient (Wildman–Crippen LogP) is 2.27. The van der Waals surface area contributed by atoms with E-state index in [1.54, 1.807) is 31.2 Å². The Morgan fingerprint density at radius 1 is 1.31 bits per heavy atom. The predicted molar refractivity (Wildman–Crippen MR) is 114 cm³/mol. The summed E-state index contributed by atoms with van der Waals surface area (Å²) < 4.78 is 10.8. The molecule has 0 radical (unpaired) electrons. The zero-order valence-electron chi connectivity index (χ0n) is 16.3. The van der Waals surface area contributed by atoms with Crippen LogP contribution in [0.2, 0.25) is 0 Å². The Morgan fingerprint density at radius 3 is 2.59 bits per heavy atom. The molecule has 1 aliphatic heterocycles. The minimum atomic E-state index is -1.09. The van der Waals surface area contributed by atoms with E-state index in [1.807, 2.05) is 0 Å². The van der Waals surface area contributed by atoms with Crippen LogP contribution < -0.4 is 14.8 Å². The van der Waals surface area contributed by atoms with Gasteiger partial charge in [-0.25, -0.2) is 4.79 Å². The molecule has 2 amide bonds. The van der Waals surface area contributed by atoms with Gasteiger partial charge in [-0.05, 0) is 30.2 Å². The van der Waals surface area contributed by atoms with E-state index >= 15 is 0 Å². The first-order valence-corrected chi connectivity index (χ1v) is 10.0. The number of methoxy groups -OCH3 is 2. The first-order valence-electron chi connectivity index (χ1n) is 8.80. The number of carboxylic acid groups (broad SMARTS) is 1. The summed E-state index contributed by atoms with van der Waals surface area (Å²) in [6.45, 7) is 1.75. The zero-order valence-corrected chi connectivity index (χ0v) is 17.9. The van der Waals surface area contributed by atoms with Crippen molar-refractivity contribution < 1.29 is 29.0 Å². The molecule has 1 heterocycles. The van der Waals surface area contributed by atoms with Gasteiger partial charge in [0.2, 0.25) is 5.91 Å². The highest BCUT2D eigenvalue weighted by molar-refractivity contribution is 8.26. The number of benzene rings is 1. The van der Waals surface area contributed by atoms with Gasteiger partial charge >= 0.3 is 5.97 Å². The van der Waals surface area contributed by atoms with Crippen LogP contribution in [0.15, 0.2) is 23.1 Å². The van der Waals surface area contributed by atoms with Crippen LogP contribution in [0.3, 0.4) is 0 Å². The topological polar surface area (TPSA) is 105 Å². The number of thiocarbonyl (C=S) groups is 1. The summed E-state index contributed by atoms with van der Waals surface area (Å²) in [5.41, 5.74) is 0.744. The van der Waals surface area contributed by atoms with Gasteiger partial charge < -0.3 is 19.9 Å². The number of hydrogen-bond acceptors (Lipinski definition) is 7. The Labute approximate surface area is 178 Å². The largest absolute Gasteiger partial charge is 0.493 e. The van der Waals surface area contributed by atoms with E-state index in [0.29, 0.717) is 20.7 Å². The molecule has 1 aromatic rings. The van der Waals surface area contributed by atoms with Crippen molar-refractivity contribution in [2.75, 3.05) is 20.8 Å². The van der Waals surface area contributed by atoms with Crippen LogP contribution in [0, 0.1) is 0 Å². The summed E-state index contributed by atoms with van der Waals surface area (Å²) in [5.74, 6) is -0.721. The number of carboxylic acids is 1. The van der Waals surface area contributed by atoms with Crippen LogP contribution in [-0.4, -0.2) is 58.9 Å². The maximum Gasteiger partial charge on any atom is 0.326 e. The average Bonchev–Trinajstić information content (AvgIpc) is 2.96. The van der Waals surface area contributed by atoms with Crippen LogP contribution in [-0.2, 0) is 14.4 Å². The molecule has 0 aliphatic carbocycles. The van der Waals surface area contributed by atoms with Gasteiger partial charge in [0.05, 0.1) is 19.1 Å². The summed E-state index contributed by atoms with van der Waals surface area (Å²) in [7, 11) is 3.07.